The molecule has 0 bridgehead atoms. The summed E-state index contributed by atoms with van der Waals surface area (Å²) in [7, 11) is 0. The summed E-state index contributed by atoms with van der Waals surface area (Å²) in [5.74, 6) is -0.644. The Balaban J connectivity index is 2.84. The number of hydrogen-bond acceptors (Lipinski definition) is 3. The first-order valence-corrected chi connectivity index (χ1v) is 6.35. The van der Waals surface area contributed by atoms with Gasteiger partial charge in [0.15, 0.2) is 11.6 Å². The Labute approximate surface area is 106 Å². The van der Waals surface area contributed by atoms with Crippen molar-refractivity contribution < 1.29 is 14.3 Å². The number of hydrogen-bond donors (Lipinski definition) is 0. The molecule has 0 aromatic heterocycles. The number of halogens is 2. The standard InChI is InChI=1S/C10H14Br2O3/c1-4-6(13)9-7(5-8(11)12)14-10(2,3)15-9/h5,7,9H,4H2,1-3H3/t7-,9+/m0/s1. The first-order valence-electron chi connectivity index (χ1n) is 4.77. The van der Waals surface area contributed by atoms with Gasteiger partial charge in [0.2, 0.25) is 0 Å². The summed E-state index contributed by atoms with van der Waals surface area (Å²) in [6.07, 6.45) is 1.40. The molecule has 1 heterocycles. The van der Waals surface area contributed by atoms with Crippen molar-refractivity contribution in [2.24, 2.45) is 0 Å². The minimum absolute atomic E-state index is 0.0584. The van der Waals surface area contributed by atoms with Crippen molar-refractivity contribution in [1.82, 2.24) is 0 Å². The monoisotopic (exact) mass is 340 g/mol. The van der Waals surface area contributed by atoms with Gasteiger partial charge in [-0.15, -0.1) is 0 Å². The predicted octanol–water partition coefficient (Wildman–Crippen LogP) is 3.12. The van der Waals surface area contributed by atoms with Crippen LogP contribution in [0.3, 0.4) is 0 Å². The zero-order valence-electron chi connectivity index (χ0n) is 8.92. The fraction of sp³-hybridized carbons (Fsp3) is 0.700. The van der Waals surface area contributed by atoms with Gasteiger partial charge in [-0.1, -0.05) is 6.92 Å². The van der Waals surface area contributed by atoms with Crippen LogP contribution in [-0.4, -0.2) is 23.8 Å². The average molecular weight is 342 g/mol. The summed E-state index contributed by atoms with van der Waals surface area (Å²) in [4.78, 5) is 11.6. The third-order valence-corrected chi connectivity index (χ3v) is 2.61. The van der Waals surface area contributed by atoms with Gasteiger partial charge in [0.25, 0.3) is 0 Å². The van der Waals surface area contributed by atoms with E-state index in [4.69, 9.17) is 9.47 Å². The maximum atomic E-state index is 11.6. The number of carbonyl (C=O) groups is 1. The van der Waals surface area contributed by atoms with Gasteiger partial charge in [-0.25, -0.2) is 0 Å². The molecule has 1 aliphatic heterocycles. The zero-order chi connectivity index (χ0) is 11.6. The van der Waals surface area contributed by atoms with E-state index in [0.717, 1.165) is 3.39 Å². The number of carbonyl (C=O) groups excluding carboxylic acids is 1. The van der Waals surface area contributed by atoms with E-state index >= 15 is 0 Å². The fourth-order valence-corrected chi connectivity index (χ4v) is 2.01. The minimum Gasteiger partial charge on any atom is -0.340 e. The topological polar surface area (TPSA) is 35.5 Å². The molecule has 1 rings (SSSR count). The second kappa shape index (κ2) is 5.08. The van der Waals surface area contributed by atoms with Crippen molar-refractivity contribution in [2.45, 2.75) is 45.2 Å². The molecule has 1 fully saturated rings. The van der Waals surface area contributed by atoms with E-state index in [1.807, 2.05) is 6.92 Å². The Hall–Kier alpha value is 0.290. The van der Waals surface area contributed by atoms with Crippen LogP contribution >= 0.6 is 31.9 Å². The first-order chi connectivity index (χ1) is 6.85. The van der Waals surface area contributed by atoms with E-state index in [9.17, 15) is 4.79 Å². The lowest BCUT2D eigenvalue weighted by molar-refractivity contribution is -0.153. The van der Waals surface area contributed by atoms with Crippen LogP contribution in [-0.2, 0) is 14.3 Å². The molecule has 2 atom stereocenters. The van der Waals surface area contributed by atoms with E-state index in [1.54, 1.807) is 19.9 Å². The first kappa shape index (κ1) is 13.4. The number of ketones is 1. The van der Waals surface area contributed by atoms with Crippen molar-refractivity contribution in [2.75, 3.05) is 0 Å². The average Bonchev–Trinajstić information content (AvgIpc) is 2.38. The summed E-state index contributed by atoms with van der Waals surface area (Å²) in [6, 6.07) is 0. The molecule has 0 aliphatic carbocycles. The Morgan fingerprint density at radius 3 is 2.47 bits per heavy atom. The number of rotatable bonds is 3. The Morgan fingerprint density at radius 2 is 2.00 bits per heavy atom. The van der Waals surface area contributed by atoms with Gasteiger partial charge < -0.3 is 9.47 Å². The minimum atomic E-state index is -0.702. The van der Waals surface area contributed by atoms with Crippen LogP contribution in [0.5, 0.6) is 0 Å². The van der Waals surface area contributed by atoms with E-state index in [-0.39, 0.29) is 11.9 Å². The highest BCUT2D eigenvalue weighted by Crippen LogP contribution is 2.31. The van der Waals surface area contributed by atoms with Gasteiger partial charge >= 0.3 is 0 Å². The summed E-state index contributed by atoms with van der Waals surface area (Å²) in [6.45, 7) is 5.43. The molecule has 86 valence electrons. The van der Waals surface area contributed by atoms with Crippen LogP contribution in [0.4, 0.5) is 0 Å². The molecule has 5 heteroatoms. The second-order valence-corrected chi connectivity index (χ2v) is 6.57. The van der Waals surface area contributed by atoms with Crippen LogP contribution in [0.25, 0.3) is 0 Å². The largest absolute Gasteiger partial charge is 0.340 e. The molecule has 0 aromatic rings. The molecule has 0 unspecified atom stereocenters. The predicted molar refractivity (Wildman–Crippen MR) is 65.1 cm³/mol. The second-order valence-electron chi connectivity index (χ2n) is 3.80. The van der Waals surface area contributed by atoms with Crippen molar-refractivity contribution in [1.29, 1.82) is 0 Å². The van der Waals surface area contributed by atoms with Gasteiger partial charge in [-0.3, -0.25) is 4.79 Å². The highest BCUT2D eigenvalue weighted by Gasteiger charge is 2.43. The molecular weight excluding hydrogens is 328 g/mol. The molecule has 0 radical (unpaired) electrons. The highest BCUT2D eigenvalue weighted by atomic mass is 79.9. The highest BCUT2D eigenvalue weighted by molar-refractivity contribution is 9.28. The van der Waals surface area contributed by atoms with Crippen LogP contribution in [0.1, 0.15) is 27.2 Å². The molecule has 0 saturated carbocycles. The lowest BCUT2D eigenvalue weighted by Gasteiger charge is -2.15. The van der Waals surface area contributed by atoms with Crippen molar-refractivity contribution in [3.8, 4) is 0 Å². The normalized spacial score (nSPS) is 28.9. The summed E-state index contributed by atoms with van der Waals surface area (Å²) in [5, 5.41) is 0. The molecule has 0 amide bonds. The quantitative estimate of drug-likeness (QED) is 0.791. The third kappa shape index (κ3) is 3.66. The molecule has 0 aromatic carbocycles. The van der Waals surface area contributed by atoms with Crippen LogP contribution in [0.2, 0.25) is 0 Å². The van der Waals surface area contributed by atoms with Crippen molar-refractivity contribution in [3.63, 3.8) is 0 Å². The third-order valence-electron chi connectivity index (χ3n) is 2.09. The number of Topliss-reactive ketones (excluding diaryl/α,β-unsaturated/α-hetero) is 1. The summed E-state index contributed by atoms with van der Waals surface area (Å²) < 4.78 is 11.9. The molecule has 3 nitrogen and oxygen atoms in total. The van der Waals surface area contributed by atoms with Gasteiger partial charge in [0, 0.05) is 6.42 Å². The molecule has 1 aliphatic rings. The molecule has 1 saturated heterocycles. The summed E-state index contributed by atoms with van der Waals surface area (Å²) >= 11 is 6.50. The molecule has 0 spiro atoms. The van der Waals surface area contributed by atoms with E-state index in [2.05, 4.69) is 31.9 Å². The van der Waals surface area contributed by atoms with Crippen molar-refractivity contribution in [3.05, 3.63) is 9.47 Å². The zero-order valence-corrected chi connectivity index (χ0v) is 12.1. The maximum absolute atomic E-state index is 11.6. The Kier molecular flexibility index (Phi) is 4.52. The van der Waals surface area contributed by atoms with E-state index in [0.29, 0.717) is 6.42 Å². The van der Waals surface area contributed by atoms with E-state index < -0.39 is 11.9 Å². The maximum Gasteiger partial charge on any atom is 0.164 e. The van der Waals surface area contributed by atoms with Crippen LogP contribution in [0, 0.1) is 0 Å². The van der Waals surface area contributed by atoms with E-state index in [1.165, 1.54) is 0 Å². The Bertz CT molecular complexity index is 282. The summed E-state index contributed by atoms with van der Waals surface area (Å²) in [5.41, 5.74) is 0. The van der Waals surface area contributed by atoms with Gasteiger partial charge in [-0.2, -0.15) is 0 Å². The van der Waals surface area contributed by atoms with Gasteiger partial charge in [0.05, 0.1) is 3.39 Å². The SMILES string of the molecule is CCC(=O)[C@H]1OC(C)(C)O[C@H]1C=C(Br)Br. The lowest BCUT2D eigenvalue weighted by atomic mass is 10.1. The van der Waals surface area contributed by atoms with Crippen LogP contribution < -0.4 is 0 Å². The Morgan fingerprint density at radius 1 is 1.40 bits per heavy atom. The van der Waals surface area contributed by atoms with Crippen LogP contribution in [0.15, 0.2) is 9.47 Å². The molecule has 15 heavy (non-hydrogen) atoms. The lowest BCUT2D eigenvalue weighted by Crippen LogP contribution is -2.30. The van der Waals surface area contributed by atoms with Gasteiger partial charge in [-0.05, 0) is 51.8 Å². The smallest absolute Gasteiger partial charge is 0.164 e. The van der Waals surface area contributed by atoms with Gasteiger partial charge in [0.1, 0.15) is 12.2 Å². The molecule has 0 N–H and O–H groups in total. The molecular formula is C10H14Br2O3. The van der Waals surface area contributed by atoms with Crippen molar-refractivity contribution >= 4 is 37.6 Å². The fourth-order valence-electron chi connectivity index (χ4n) is 1.49. The number of ether oxygens (including phenoxy) is 2.